The Balaban J connectivity index is 2.29. The van der Waals surface area contributed by atoms with Crippen molar-refractivity contribution in [1.82, 2.24) is 4.90 Å². The number of ketones is 1. The number of nitro benzene ring substituents is 1. The molecule has 1 fully saturated rings. The summed E-state index contributed by atoms with van der Waals surface area (Å²) >= 11 is 0. The van der Waals surface area contributed by atoms with E-state index in [-0.39, 0.29) is 17.2 Å². The van der Waals surface area contributed by atoms with Gasteiger partial charge in [-0.15, -0.1) is 0 Å². The van der Waals surface area contributed by atoms with Crippen molar-refractivity contribution in [1.29, 1.82) is 0 Å². The highest BCUT2D eigenvalue weighted by atomic mass is 16.6. The number of benzene rings is 1. The summed E-state index contributed by atoms with van der Waals surface area (Å²) in [6, 6.07) is 4.73. The van der Waals surface area contributed by atoms with Crippen LogP contribution < -0.4 is 4.74 Å². The number of ether oxygens (including phenoxy) is 1. The first-order chi connectivity index (χ1) is 10.5. The zero-order valence-corrected chi connectivity index (χ0v) is 12.9. The molecule has 0 amide bonds. The SMILES string of the molecule is CCCN1CCC(=O)/C(=C/c2ccc(OC)c([N+](=O)[O-])c2)C1. The van der Waals surface area contributed by atoms with E-state index in [0.29, 0.717) is 24.1 Å². The number of hydrogen-bond acceptors (Lipinski definition) is 5. The van der Waals surface area contributed by atoms with Gasteiger partial charge in [-0.05, 0) is 30.7 Å². The fourth-order valence-electron chi connectivity index (χ4n) is 2.60. The van der Waals surface area contributed by atoms with Gasteiger partial charge in [0.2, 0.25) is 0 Å². The van der Waals surface area contributed by atoms with E-state index in [0.717, 1.165) is 19.5 Å². The minimum absolute atomic E-state index is 0.0921. The number of nitro groups is 1. The van der Waals surface area contributed by atoms with Crippen molar-refractivity contribution in [3.8, 4) is 5.75 Å². The van der Waals surface area contributed by atoms with Crippen LogP contribution in [0.2, 0.25) is 0 Å². The number of Topliss-reactive ketones (excluding diaryl/α,β-unsaturated/α-hetero) is 1. The van der Waals surface area contributed by atoms with Gasteiger partial charge >= 0.3 is 5.69 Å². The van der Waals surface area contributed by atoms with Crippen molar-refractivity contribution in [3.63, 3.8) is 0 Å². The van der Waals surface area contributed by atoms with Gasteiger partial charge in [0.1, 0.15) is 0 Å². The molecule has 0 radical (unpaired) electrons. The normalized spacial score (nSPS) is 17.7. The Morgan fingerprint density at radius 1 is 1.45 bits per heavy atom. The van der Waals surface area contributed by atoms with E-state index in [2.05, 4.69) is 11.8 Å². The lowest BCUT2D eigenvalue weighted by atomic mass is 10.00. The number of piperidine rings is 1. The quantitative estimate of drug-likeness (QED) is 0.475. The first-order valence-corrected chi connectivity index (χ1v) is 7.33. The second-order valence-corrected chi connectivity index (χ2v) is 5.31. The predicted molar refractivity (Wildman–Crippen MR) is 84.0 cm³/mol. The molecule has 0 aliphatic carbocycles. The Hall–Kier alpha value is -2.21. The number of methoxy groups -OCH3 is 1. The summed E-state index contributed by atoms with van der Waals surface area (Å²) in [4.78, 5) is 24.8. The summed E-state index contributed by atoms with van der Waals surface area (Å²) in [7, 11) is 1.40. The van der Waals surface area contributed by atoms with E-state index in [1.807, 2.05) is 0 Å². The van der Waals surface area contributed by atoms with Gasteiger partial charge in [-0.3, -0.25) is 19.8 Å². The molecular weight excluding hydrogens is 284 g/mol. The third-order valence-corrected chi connectivity index (χ3v) is 3.69. The second-order valence-electron chi connectivity index (χ2n) is 5.31. The summed E-state index contributed by atoms with van der Waals surface area (Å²) in [5.74, 6) is 0.334. The smallest absolute Gasteiger partial charge is 0.311 e. The van der Waals surface area contributed by atoms with E-state index >= 15 is 0 Å². The average molecular weight is 304 g/mol. The van der Waals surface area contributed by atoms with Crippen LogP contribution in [-0.4, -0.2) is 42.4 Å². The van der Waals surface area contributed by atoms with Gasteiger partial charge in [0.05, 0.1) is 12.0 Å². The second kappa shape index (κ2) is 7.17. The maximum atomic E-state index is 12.0. The Bertz CT molecular complexity index is 610. The highest BCUT2D eigenvalue weighted by Gasteiger charge is 2.21. The number of nitrogens with zero attached hydrogens (tertiary/aromatic N) is 2. The van der Waals surface area contributed by atoms with Gasteiger partial charge < -0.3 is 4.74 Å². The van der Waals surface area contributed by atoms with Crippen molar-refractivity contribution in [2.75, 3.05) is 26.7 Å². The number of carbonyl (C=O) groups excluding carboxylic acids is 1. The topological polar surface area (TPSA) is 72.7 Å². The standard InChI is InChI=1S/C16H20N2O4/c1-3-7-17-8-6-15(19)13(11-17)9-12-4-5-16(22-2)14(10-12)18(20)21/h4-5,9-10H,3,6-8,11H2,1-2H3/b13-9+. The summed E-state index contributed by atoms with van der Waals surface area (Å²) in [5, 5.41) is 11.1. The van der Waals surface area contributed by atoms with Crippen molar-refractivity contribution in [2.45, 2.75) is 19.8 Å². The molecule has 1 aromatic carbocycles. The minimum Gasteiger partial charge on any atom is -0.490 e. The molecule has 6 nitrogen and oxygen atoms in total. The third kappa shape index (κ3) is 3.71. The molecule has 0 N–H and O–H groups in total. The molecular formula is C16H20N2O4. The third-order valence-electron chi connectivity index (χ3n) is 3.69. The molecule has 22 heavy (non-hydrogen) atoms. The maximum absolute atomic E-state index is 12.0. The van der Waals surface area contributed by atoms with Crippen LogP contribution in [0.4, 0.5) is 5.69 Å². The lowest BCUT2D eigenvalue weighted by molar-refractivity contribution is -0.385. The van der Waals surface area contributed by atoms with Gasteiger partial charge in [0, 0.05) is 31.1 Å². The number of likely N-dealkylation sites (tertiary alicyclic amines) is 1. The molecule has 2 rings (SSSR count). The molecule has 0 unspecified atom stereocenters. The van der Waals surface area contributed by atoms with Crippen molar-refractivity contribution >= 4 is 17.5 Å². The molecule has 0 saturated carbocycles. The summed E-state index contributed by atoms with van der Waals surface area (Å²) in [6.45, 7) is 4.44. The lowest BCUT2D eigenvalue weighted by Crippen LogP contribution is -2.36. The van der Waals surface area contributed by atoms with Crippen molar-refractivity contribution < 1.29 is 14.5 Å². The Labute approximate surface area is 129 Å². The molecule has 0 atom stereocenters. The fraction of sp³-hybridized carbons (Fsp3) is 0.438. The first kappa shape index (κ1) is 16.2. The average Bonchev–Trinajstić information content (AvgIpc) is 2.50. The van der Waals surface area contributed by atoms with E-state index < -0.39 is 4.92 Å². The van der Waals surface area contributed by atoms with Crippen LogP contribution in [0.15, 0.2) is 23.8 Å². The van der Waals surface area contributed by atoms with Gasteiger partial charge in [-0.1, -0.05) is 13.0 Å². The summed E-state index contributed by atoms with van der Waals surface area (Å²) < 4.78 is 4.98. The molecule has 1 saturated heterocycles. The molecule has 1 aliphatic rings. The van der Waals surface area contributed by atoms with Crippen LogP contribution in [0, 0.1) is 10.1 Å². The van der Waals surface area contributed by atoms with Crippen LogP contribution in [0.1, 0.15) is 25.3 Å². The predicted octanol–water partition coefficient (Wildman–Crippen LogP) is 2.67. The van der Waals surface area contributed by atoms with Crippen LogP contribution in [-0.2, 0) is 4.79 Å². The Kier molecular flexibility index (Phi) is 5.27. The molecule has 0 bridgehead atoms. The Morgan fingerprint density at radius 3 is 2.86 bits per heavy atom. The highest BCUT2D eigenvalue weighted by molar-refractivity contribution is 6.00. The number of rotatable bonds is 5. The summed E-state index contributed by atoms with van der Waals surface area (Å²) in [5.41, 5.74) is 1.26. The molecule has 1 heterocycles. The van der Waals surface area contributed by atoms with Crippen LogP contribution in [0.25, 0.3) is 6.08 Å². The lowest BCUT2D eigenvalue weighted by Gasteiger charge is -2.27. The minimum atomic E-state index is -0.479. The van der Waals surface area contributed by atoms with E-state index in [1.54, 1.807) is 18.2 Å². The Morgan fingerprint density at radius 2 is 2.23 bits per heavy atom. The van der Waals surface area contributed by atoms with E-state index in [9.17, 15) is 14.9 Å². The number of carbonyl (C=O) groups is 1. The van der Waals surface area contributed by atoms with E-state index in [4.69, 9.17) is 4.74 Å². The van der Waals surface area contributed by atoms with Crippen LogP contribution in [0.5, 0.6) is 5.75 Å². The largest absolute Gasteiger partial charge is 0.490 e. The zero-order chi connectivity index (χ0) is 16.1. The van der Waals surface area contributed by atoms with Gasteiger partial charge in [0.15, 0.2) is 11.5 Å². The van der Waals surface area contributed by atoms with Gasteiger partial charge in [-0.2, -0.15) is 0 Å². The van der Waals surface area contributed by atoms with Crippen molar-refractivity contribution in [3.05, 3.63) is 39.4 Å². The molecule has 1 aromatic rings. The number of hydrogen-bond donors (Lipinski definition) is 0. The monoisotopic (exact) mass is 304 g/mol. The van der Waals surface area contributed by atoms with Gasteiger partial charge in [0.25, 0.3) is 0 Å². The fourth-order valence-corrected chi connectivity index (χ4v) is 2.60. The van der Waals surface area contributed by atoms with E-state index in [1.165, 1.54) is 13.2 Å². The molecule has 0 aromatic heterocycles. The molecule has 0 spiro atoms. The first-order valence-electron chi connectivity index (χ1n) is 7.33. The molecule has 6 heteroatoms. The maximum Gasteiger partial charge on any atom is 0.311 e. The van der Waals surface area contributed by atoms with Crippen LogP contribution in [0.3, 0.4) is 0 Å². The highest BCUT2D eigenvalue weighted by Crippen LogP contribution is 2.28. The molecule has 1 aliphatic heterocycles. The van der Waals surface area contributed by atoms with Gasteiger partial charge in [-0.25, -0.2) is 0 Å². The zero-order valence-electron chi connectivity index (χ0n) is 12.9. The van der Waals surface area contributed by atoms with Crippen LogP contribution >= 0.6 is 0 Å². The van der Waals surface area contributed by atoms with Crippen molar-refractivity contribution in [2.24, 2.45) is 0 Å². The molecule has 118 valence electrons. The summed E-state index contributed by atoms with van der Waals surface area (Å²) in [6.07, 6.45) is 3.29.